The molecular formula is C22H31NOS. The maximum Gasteiger partial charge on any atom is 0.0675 e. The van der Waals surface area contributed by atoms with Crippen molar-refractivity contribution < 1.29 is 4.74 Å². The lowest BCUT2D eigenvalue weighted by molar-refractivity contribution is -0.0754. The van der Waals surface area contributed by atoms with E-state index in [0.29, 0.717) is 5.92 Å². The predicted octanol–water partition coefficient (Wildman–Crippen LogP) is 6.18. The summed E-state index contributed by atoms with van der Waals surface area (Å²) in [4.78, 5) is 6.22. The van der Waals surface area contributed by atoms with Crippen molar-refractivity contribution >= 4 is 24.0 Å². The molecule has 1 aliphatic carbocycles. The van der Waals surface area contributed by atoms with Gasteiger partial charge in [-0.1, -0.05) is 26.8 Å². The van der Waals surface area contributed by atoms with E-state index in [1.54, 1.807) is 0 Å². The van der Waals surface area contributed by atoms with Crippen LogP contribution >= 0.6 is 12.6 Å². The van der Waals surface area contributed by atoms with Crippen LogP contribution in [0, 0.1) is 16.7 Å². The van der Waals surface area contributed by atoms with Gasteiger partial charge in [-0.2, -0.15) is 0 Å². The minimum atomic E-state index is 0.0243. The fourth-order valence-corrected chi connectivity index (χ4v) is 5.61. The first kappa shape index (κ1) is 17.6. The zero-order valence-electron chi connectivity index (χ0n) is 16.2. The van der Waals surface area contributed by atoms with E-state index in [-0.39, 0.29) is 16.4 Å². The SMILES string of the molecule is CC1(C)CC(CC23CC2c2ccc(S)cc2N=C3C(C)(C)C)CCO1. The molecule has 1 saturated heterocycles. The first-order chi connectivity index (χ1) is 11.6. The number of ether oxygens (including phenoxy) is 1. The summed E-state index contributed by atoms with van der Waals surface area (Å²) in [6.07, 6.45) is 4.89. The summed E-state index contributed by atoms with van der Waals surface area (Å²) >= 11 is 4.53. The average molecular weight is 358 g/mol. The number of rotatable bonds is 2. The fraction of sp³-hybridized carbons (Fsp3) is 0.682. The molecule has 136 valence electrons. The Morgan fingerprint density at radius 3 is 2.68 bits per heavy atom. The standard InChI is InChI=1S/C22H31NOS/c1-20(2,3)19-22(12-14-8-9-24-21(4,5)11-14)13-17(22)16-7-6-15(25)10-18(16)23-19/h6-7,10,14,17,25H,8-9,11-13H2,1-5H3. The molecule has 25 heavy (non-hydrogen) atoms. The molecule has 2 fully saturated rings. The molecule has 0 N–H and O–H groups in total. The molecule has 4 rings (SSSR count). The van der Waals surface area contributed by atoms with Gasteiger partial charge in [0.25, 0.3) is 0 Å². The van der Waals surface area contributed by atoms with Crippen LogP contribution in [0.5, 0.6) is 0 Å². The van der Waals surface area contributed by atoms with E-state index in [1.807, 2.05) is 0 Å². The van der Waals surface area contributed by atoms with E-state index in [0.717, 1.165) is 23.1 Å². The number of hydrogen-bond acceptors (Lipinski definition) is 3. The van der Waals surface area contributed by atoms with Crippen molar-refractivity contribution in [1.82, 2.24) is 0 Å². The van der Waals surface area contributed by atoms with Crippen molar-refractivity contribution in [3.8, 4) is 0 Å². The second-order valence-electron chi connectivity index (χ2n) is 10.0. The van der Waals surface area contributed by atoms with E-state index in [1.165, 1.54) is 37.0 Å². The van der Waals surface area contributed by atoms with Gasteiger partial charge >= 0.3 is 0 Å². The smallest absolute Gasteiger partial charge is 0.0675 e. The van der Waals surface area contributed by atoms with Crippen molar-refractivity contribution in [2.24, 2.45) is 21.7 Å². The molecule has 2 aliphatic heterocycles. The van der Waals surface area contributed by atoms with Crippen LogP contribution in [0.25, 0.3) is 0 Å². The monoisotopic (exact) mass is 357 g/mol. The van der Waals surface area contributed by atoms with E-state index >= 15 is 0 Å². The van der Waals surface area contributed by atoms with Gasteiger partial charge in [-0.05, 0) is 69.1 Å². The molecule has 0 bridgehead atoms. The van der Waals surface area contributed by atoms with Crippen molar-refractivity contribution in [3.63, 3.8) is 0 Å². The Morgan fingerprint density at radius 2 is 2.00 bits per heavy atom. The maximum absolute atomic E-state index is 5.96. The quantitative estimate of drug-likeness (QED) is 0.627. The van der Waals surface area contributed by atoms with E-state index in [9.17, 15) is 0 Å². The summed E-state index contributed by atoms with van der Waals surface area (Å²) in [5.41, 5.74) is 4.43. The highest BCUT2D eigenvalue weighted by Crippen LogP contribution is 2.69. The number of hydrogen-bond donors (Lipinski definition) is 1. The first-order valence-corrected chi connectivity index (χ1v) is 10.1. The summed E-state index contributed by atoms with van der Waals surface area (Å²) in [5, 5.41) is 0. The molecule has 0 radical (unpaired) electrons. The normalized spacial score (nSPS) is 33.3. The summed E-state index contributed by atoms with van der Waals surface area (Å²) in [7, 11) is 0. The third-order valence-electron chi connectivity index (χ3n) is 6.33. The van der Waals surface area contributed by atoms with Crippen molar-refractivity contribution in [1.29, 1.82) is 0 Å². The van der Waals surface area contributed by atoms with Crippen LogP contribution in [0.3, 0.4) is 0 Å². The Balaban J connectivity index is 1.69. The molecular weight excluding hydrogens is 326 g/mol. The van der Waals surface area contributed by atoms with Gasteiger partial charge in [0.05, 0.1) is 11.3 Å². The molecule has 3 heteroatoms. The Morgan fingerprint density at radius 1 is 1.24 bits per heavy atom. The molecule has 0 amide bonds. The minimum Gasteiger partial charge on any atom is -0.376 e. The molecule has 0 spiro atoms. The Hall–Kier alpha value is -0.800. The zero-order valence-corrected chi connectivity index (χ0v) is 17.1. The number of benzene rings is 1. The maximum atomic E-state index is 5.96. The van der Waals surface area contributed by atoms with E-state index in [2.05, 4.69) is 65.4 Å². The van der Waals surface area contributed by atoms with Gasteiger partial charge in [0.15, 0.2) is 0 Å². The topological polar surface area (TPSA) is 21.6 Å². The van der Waals surface area contributed by atoms with Crippen LogP contribution < -0.4 is 0 Å². The molecule has 1 aromatic carbocycles. The molecule has 0 aromatic heterocycles. The minimum absolute atomic E-state index is 0.0243. The van der Waals surface area contributed by atoms with Crippen molar-refractivity contribution in [3.05, 3.63) is 23.8 Å². The highest BCUT2D eigenvalue weighted by atomic mass is 32.1. The van der Waals surface area contributed by atoms with Crippen LogP contribution in [0.1, 0.15) is 71.8 Å². The van der Waals surface area contributed by atoms with Crippen LogP contribution in [0.15, 0.2) is 28.1 Å². The van der Waals surface area contributed by atoms with Gasteiger partial charge in [0.1, 0.15) is 0 Å². The zero-order chi connectivity index (χ0) is 18.0. The molecule has 2 nitrogen and oxygen atoms in total. The van der Waals surface area contributed by atoms with E-state index in [4.69, 9.17) is 9.73 Å². The summed E-state index contributed by atoms with van der Waals surface area (Å²) in [6, 6.07) is 6.53. The number of fused-ring (bicyclic) bond motifs is 3. The molecule has 3 unspecified atom stereocenters. The second-order valence-corrected chi connectivity index (χ2v) is 10.6. The van der Waals surface area contributed by atoms with Gasteiger partial charge in [-0.25, -0.2) is 0 Å². The van der Waals surface area contributed by atoms with Gasteiger partial charge in [0, 0.05) is 28.0 Å². The Labute approximate surface area is 157 Å². The van der Waals surface area contributed by atoms with Gasteiger partial charge < -0.3 is 4.74 Å². The third kappa shape index (κ3) is 3.08. The first-order valence-electron chi connectivity index (χ1n) is 9.67. The highest BCUT2D eigenvalue weighted by molar-refractivity contribution is 7.80. The van der Waals surface area contributed by atoms with Gasteiger partial charge in [-0.15, -0.1) is 12.6 Å². The van der Waals surface area contributed by atoms with Gasteiger partial charge in [0.2, 0.25) is 0 Å². The highest BCUT2D eigenvalue weighted by Gasteiger charge is 2.63. The number of nitrogens with zero attached hydrogens (tertiary/aromatic N) is 1. The second kappa shape index (κ2) is 5.60. The molecule has 3 atom stereocenters. The number of thiol groups is 1. The number of aliphatic imine (C=N–C) groups is 1. The lowest BCUT2D eigenvalue weighted by Gasteiger charge is -2.40. The van der Waals surface area contributed by atoms with Crippen LogP contribution in [0.4, 0.5) is 5.69 Å². The van der Waals surface area contributed by atoms with E-state index < -0.39 is 0 Å². The molecule has 1 saturated carbocycles. The van der Waals surface area contributed by atoms with Gasteiger partial charge in [-0.3, -0.25) is 4.99 Å². The third-order valence-corrected chi connectivity index (χ3v) is 6.61. The predicted molar refractivity (Wildman–Crippen MR) is 107 cm³/mol. The molecule has 3 aliphatic rings. The van der Waals surface area contributed by atoms with Crippen molar-refractivity contribution in [2.45, 2.75) is 76.7 Å². The summed E-state index contributed by atoms with van der Waals surface area (Å²) < 4.78 is 5.96. The van der Waals surface area contributed by atoms with Crippen molar-refractivity contribution in [2.75, 3.05) is 6.61 Å². The average Bonchev–Trinajstić information content (AvgIpc) is 3.18. The lowest BCUT2D eigenvalue weighted by atomic mass is 9.70. The van der Waals surface area contributed by atoms with Crippen LogP contribution in [-0.4, -0.2) is 17.9 Å². The lowest BCUT2D eigenvalue weighted by Crippen LogP contribution is -2.38. The molecule has 2 heterocycles. The summed E-state index contributed by atoms with van der Waals surface area (Å²) in [6.45, 7) is 12.4. The largest absolute Gasteiger partial charge is 0.376 e. The van der Waals surface area contributed by atoms with Crippen LogP contribution in [0.2, 0.25) is 0 Å². The fourth-order valence-electron chi connectivity index (χ4n) is 5.41. The Kier molecular flexibility index (Phi) is 3.94. The molecule has 1 aromatic rings. The van der Waals surface area contributed by atoms with Crippen LogP contribution in [-0.2, 0) is 4.74 Å². The summed E-state index contributed by atoms with van der Waals surface area (Å²) in [5.74, 6) is 1.39. The Bertz CT molecular complexity index is 730.